The lowest BCUT2D eigenvalue weighted by molar-refractivity contribution is -0.146. The average molecular weight is 130 g/mol. The van der Waals surface area contributed by atoms with Gasteiger partial charge in [-0.05, 0) is 12.8 Å². The zero-order valence-corrected chi connectivity index (χ0v) is 6.14. The summed E-state index contributed by atoms with van der Waals surface area (Å²) in [6, 6.07) is 0. The lowest BCUT2D eigenvalue weighted by atomic mass is 10.2. The Hall–Kier alpha value is -0.530. The second-order valence-electron chi connectivity index (χ2n) is 1.68. The first kappa shape index (κ1) is 8.47. The van der Waals surface area contributed by atoms with Crippen LogP contribution >= 0.6 is 0 Å². The second-order valence-corrected chi connectivity index (χ2v) is 1.68. The van der Waals surface area contributed by atoms with Gasteiger partial charge in [0.2, 0.25) is 0 Å². The topological polar surface area (TPSA) is 26.3 Å². The van der Waals surface area contributed by atoms with Crippen LogP contribution in [0.15, 0.2) is 0 Å². The maximum absolute atomic E-state index is 10.2. The number of esters is 1. The van der Waals surface area contributed by atoms with Crippen molar-refractivity contribution in [3.63, 3.8) is 0 Å². The van der Waals surface area contributed by atoms with E-state index in [1.165, 1.54) is 0 Å². The summed E-state index contributed by atoms with van der Waals surface area (Å²) in [5.74, 6) is -0.0359. The lowest BCUT2D eigenvalue weighted by Gasteiger charge is -2.08. The molecule has 9 heavy (non-hydrogen) atoms. The van der Waals surface area contributed by atoms with Crippen molar-refractivity contribution in [3.8, 4) is 0 Å². The van der Waals surface area contributed by atoms with Crippen LogP contribution in [0, 0.1) is 0 Å². The summed E-state index contributed by atoms with van der Waals surface area (Å²) in [7, 11) is 0. The van der Waals surface area contributed by atoms with Gasteiger partial charge in [0.05, 0.1) is 6.61 Å². The van der Waals surface area contributed by atoms with E-state index in [4.69, 9.17) is 0 Å². The van der Waals surface area contributed by atoms with Crippen LogP contribution in [0.2, 0.25) is 0 Å². The average Bonchev–Trinajstić information content (AvgIpc) is 1.94. The molecule has 0 N–H and O–H groups in total. The van der Waals surface area contributed by atoms with Gasteiger partial charge in [-0.25, -0.2) is 0 Å². The van der Waals surface area contributed by atoms with Crippen molar-refractivity contribution in [2.24, 2.45) is 0 Å². The molecule has 0 aromatic heterocycles. The maximum Gasteiger partial charge on any atom is 0.305 e. The number of carbonyl (C=O) groups is 1. The largest absolute Gasteiger partial charge is 0.466 e. The van der Waals surface area contributed by atoms with Crippen molar-refractivity contribution < 1.29 is 9.53 Å². The van der Waals surface area contributed by atoms with E-state index in [0.29, 0.717) is 13.0 Å². The van der Waals surface area contributed by atoms with E-state index in [1.807, 2.05) is 13.8 Å². The quantitative estimate of drug-likeness (QED) is 0.467. The molecule has 54 valence electrons. The molecule has 1 fully saturated rings. The number of hydrogen-bond acceptors (Lipinski definition) is 2. The Labute approximate surface area is 56.2 Å². The van der Waals surface area contributed by atoms with Gasteiger partial charge >= 0.3 is 5.97 Å². The van der Waals surface area contributed by atoms with Gasteiger partial charge in [0.1, 0.15) is 0 Å². The summed E-state index contributed by atoms with van der Waals surface area (Å²) in [6.07, 6.45) is 2.69. The Morgan fingerprint density at radius 1 is 1.33 bits per heavy atom. The third-order valence-electron chi connectivity index (χ3n) is 1.04. The lowest BCUT2D eigenvalue weighted by Crippen LogP contribution is -2.10. The molecule has 1 heterocycles. The highest BCUT2D eigenvalue weighted by Crippen LogP contribution is 2.04. The standard InChI is InChI=1S/C5H8O2.C2H6/c6-5-3-1-2-4-7-5;1-2/h1-4H2;1-2H3. The van der Waals surface area contributed by atoms with Crippen molar-refractivity contribution in [2.45, 2.75) is 33.1 Å². The first-order valence-corrected chi connectivity index (χ1v) is 3.55. The Morgan fingerprint density at radius 3 is 2.22 bits per heavy atom. The van der Waals surface area contributed by atoms with E-state index < -0.39 is 0 Å². The van der Waals surface area contributed by atoms with Crippen LogP contribution in [0.25, 0.3) is 0 Å². The van der Waals surface area contributed by atoms with Gasteiger partial charge < -0.3 is 4.74 Å². The highest BCUT2D eigenvalue weighted by molar-refractivity contribution is 5.69. The molecule has 0 aromatic carbocycles. The third-order valence-corrected chi connectivity index (χ3v) is 1.04. The predicted octanol–water partition coefficient (Wildman–Crippen LogP) is 1.74. The first-order valence-electron chi connectivity index (χ1n) is 3.55. The third kappa shape index (κ3) is 4.01. The van der Waals surface area contributed by atoms with Crippen LogP contribution in [-0.4, -0.2) is 12.6 Å². The molecule has 1 saturated heterocycles. The number of ether oxygens (including phenoxy) is 1. The van der Waals surface area contributed by atoms with Crippen molar-refractivity contribution in [1.29, 1.82) is 0 Å². The minimum atomic E-state index is -0.0359. The molecule has 0 bridgehead atoms. The molecule has 2 heteroatoms. The summed E-state index contributed by atoms with van der Waals surface area (Å²) < 4.78 is 4.64. The number of carbonyl (C=O) groups excluding carboxylic acids is 1. The molecule has 0 amide bonds. The van der Waals surface area contributed by atoms with Crippen LogP contribution in [-0.2, 0) is 9.53 Å². The van der Waals surface area contributed by atoms with Gasteiger partial charge in [0, 0.05) is 6.42 Å². The number of rotatable bonds is 0. The van der Waals surface area contributed by atoms with E-state index in [-0.39, 0.29) is 5.97 Å². The minimum Gasteiger partial charge on any atom is -0.466 e. The van der Waals surface area contributed by atoms with E-state index in [1.54, 1.807) is 0 Å². The van der Waals surface area contributed by atoms with Crippen LogP contribution in [0.1, 0.15) is 33.1 Å². The SMILES string of the molecule is CC.O=C1CCCCO1. The monoisotopic (exact) mass is 130 g/mol. The number of hydrogen-bond donors (Lipinski definition) is 0. The van der Waals surface area contributed by atoms with Crippen LogP contribution in [0.4, 0.5) is 0 Å². The normalized spacial score (nSPS) is 17.3. The summed E-state index contributed by atoms with van der Waals surface area (Å²) >= 11 is 0. The number of cyclic esters (lactones) is 1. The molecule has 0 unspecified atom stereocenters. The first-order chi connectivity index (χ1) is 4.39. The van der Waals surface area contributed by atoms with Crippen LogP contribution < -0.4 is 0 Å². The fraction of sp³-hybridized carbons (Fsp3) is 0.857. The fourth-order valence-electron chi connectivity index (χ4n) is 0.630. The fourth-order valence-corrected chi connectivity index (χ4v) is 0.630. The smallest absolute Gasteiger partial charge is 0.305 e. The maximum atomic E-state index is 10.2. The molecule has 1 aliphatic rings. The molecular formula is C7H14O2. The van der Waals surface area contributed by atoms with E-state index in [0.717, 1.165) is 12.8 Å². The van der Waals surface area contributed by atoms with Gasteiger partial charge in [-0.1, -0.05) is 13.8 Å². The molecule has 1 aliphatic heterocycles. The summed E-state index contributed by atoms with van der Waals surface area (Å²) in [4.78, 5) is 10.2. The summed E-state index contributed by atoms with van der Waals surface area (Å²) in [5.41, 5.74) is 0. The molecule has 0 spiro atoms. The Bertz CT molecular complexity index is 71.0. The second kappa shape index (κ2) is 5.60. The van der Waals surface area contributed by atoms with E-state index >= 15 is 0 Å². The van der Waals surface area contributed by atoms with Crippen molar-refractivity contribution in [1.82, 2.24) is 0 Å². The highest BCUT2D eigenvalue weighted by Gasteiger charge is 2.06. The van der Waals surface area contributed by atoms with Crippen LogP contribution in [0.5, 0.6) is 0 Å². The summed E-state index contributed by atoms with van der Waals surface area (Å²) in [6.45, 7) is 4.64. The molecule has 2 nitrogen and oxygen atoms in total. The van der Waals surface area contributed by atoms with E-state index in [9.17, 15) is 4.79 Å². The molecule has 0 saturated carbocycles. The zero-order valence-electron chi connectivity index (χ0n) is 6.14. The van der Waals surface area contributed by atoms with E-state index in [2.05, 4.69) is 4.74 Å². The van der Waals surface area contributed by atoms with Gasteiger partial charge in [-0.3, -0.25) is 4.79 Å². The Kier molecular flexibility index (Phi) is 5.27. The summed E-state index contributed by atoms with van der Waals surface area (Å²) in [5, 5.41) is 0. The molecule has 0 aromatic rings. The van der Waals surface area contributed by atoms with Gasteiger partial charge in [0.25, 0.3) is 0 Å². The molecular weight excluding hydrogens is 116 g/mol. The Morgan fingerprint density at radius 2 is 2.00 bits per heavy atom. The minimum absolute atomic E-state index is 0.0359. The molecule has 0 radical (unpaired) electrons. The van der Waals surface area contributed by atoms with Crippen LogP contribution in [0.3, 0.4) is 0 Å². The van der Waals surface area contributed by atoms with Crippen molar-refractivity contribution in [3.05, 3.63) is 0 Å². The highest BCUT2D eigenvalue weighted by atomic mass is 16.5. The van der Waals surface area contributed by atoms with Gasteiger partial charge in [0.15, 0.2) is 0 Å². The predicted molar refractivity (Wildman–Crippen MR) is 36.2 cm³/mol. The zero-order chi connectivity index (χ0) is 7.11. The molecule has 0 atom stereocenters. The van der Waals surface area contributed by atoms with Gasteiger partial charge in [-0.15, -0.1) is 0 Å². The molecule has 1 rings (SSSR count). The van der Waals surface area contributed by atoms with Crippen molar-refractivity contribution in [2.75, 3.05) is 6.61 Å². The Balaban J connectivity index is 0.000000291. The van der Waals surface area contributed by atoms with Crippen molar-refractivity contribution >= 4 is 5.97 Å². The molecule has 0 aliphatic carbocycles. The van der Waals surface area contributed by atoms with Gasteiger partial charge in [-0.2, -0.15) is 0 Å².